The van der Waals surface area contributed by atoms with Gasteiger partial charge < -0.3 is 4.90 Å². The highest BCUT2D eigenvalue weighted by molar-refractivity contribution is 5.75. The molecule has 0 radical (unpaired) electrons. The van der Waals surface area contributed by atoms with E-state index in [2.05, 4.69) is 10.4 Å². The molecule has 1 fully saturated rings. The Kier molecular flexibility index (Phi) is 6.20. The molecular formula is C14H23N5O3. The largest absolute Gasteiger partial charge is 0.336 e. The molecule has 122 valence electrons. The zero-order chi connectivity index (χ0) is 15.8. The predicted octanol–water partition coefficient (Wildman–Crippen LogP) is 0.856. The maximum atomic E-state index is 12.1. The maximum Gasteiger partial charge on any atom is 0.336 e. The van der Waals surface area contributed by atoms with Crippen molar-refractivity contribution >= 4 is 18.2 Å². The normalized spacial score (nSPS) is 18.4. The lowest BCUT2D eigenvalue weighted by Gasteiger charge is -2.33. The van der Waals surface area contributed by atoms with E-state index < -0.39 is 0 Å². The lowest BCUT2D eigenvalue weighted by molar-refractivity contribution is -0.129. The SMILES string of the molecule is O=C(CCCC1CCN(C(=O)NN2C=CC=NC2)CC1)NO. The van der Waals surface area contributed by atoms with Gasteiger partial charge >= 0.3 is 6.03 Å². The number of piperidine rings is 1. The second-order valence-corrected chi connectivity index (χ2v) is 5.56. The minimum Gasteiger partial charge on any atom is -0.323 e. The lowest BCUT2D eigenvalue weighted by Crippen LogP contribution is -2.49. The standard InChI is InChI=1S/C14H23N5O3/c20-13(17-22)4-1-3-12-5-9-18(10-6-12)14(21)16-19-8-2-7-15-11-19/h2,7-8,12,22H,1,3-6,9-11H2,(H,16,21)(H,17,20). The molecule has 0 aromatic rings. The zero-order valence-corrected chi connectivity index (χ0v) is 12.6. The molecule has 0 aromatic heterocycles. The van der Waals surface area contributed by atoms with Crippen LogP contribution in [0.3, 0.4) is 0 Å². The molecule has 3 N–H and O–H groups in total. The first-order valence-corrected chi connectivity index (χ1v) is 7.61. The number of carbonyl (C=O) groups excluding carboxylic acids is 2. The van der Waals surface area contributed by atoms with Crippen LogP contribution in [0.25, 0.3) is 0 Å². The van der Waals surface area contributed by atoms with Crippen LogP contribution in [0.2, 0.25) is 0 Å². The number of urea groups is 1. The van der Waals surface area contributed by atoms with Gasteiger partial charge in [0.1, 0.15) is 6.67 Å². The van der Waals surface area contributed by atoms with Crippen LogP contribution >= 0.6 is 0 Å². The summed E-state index contributed by atoms with van der Waals surface area (Å²) in [6.45, 7) is 1.89. The molecule has 0 unspecified atom stereocenters. The van der Waals surface area contributed by atoms with E-state index in [1.165, 1.54) is 0 Å². The van der Waals surface area contributed by atoms with Crippen LogP contribution in [-0.2, 0) is 4.79 Å². The third-order valence-corrected chi connectivity index (χ3v) is 3.97. The quantitative estimate of drug-likeness (QED) is 0.518. The molecule has 22 heavy (non-hydrogen) atoms. The van der Waals surface area contributed by atoms with Crippen LogP contribution < -0.4 is 10.9 Å². The highest BCUT2D eigenvalue weighted by atomic mass is 16.5. The summed E-state index contributed by atoms with van der Waals surface area (Å²) in [6.07, 6.45) is 9.21. The Labute approximate surface area is 129 Å². The second kappa shape index (κ2) is 8.38. The number of hydrogen-bond donors (Lipinski definition) is 3. The van der Waals surface area contributed by atoms with Crippen molar-refractivity contribution in [3.63, 3.8) is 0 Å². The van der Waals surface area contributed by atoms with Gasteiger partial charge in [-0.2, -0.15) is 0 Å². The predicted molar refractivity (Wildman–Crippen MR) is 80.9 cm³/mol. The summed E-state index contributed by atoms with van der Waals surface area (Å²) in [5.74, 6) is 0.198. The van der Waals surface area contributed by atoms with Crippen molar-refractivity contribution in [3.05, 3.63) is 12.3 Å². The fourth-order valence-corrected chi connectivity index (χ4v) is 2.68. The van der Waals surface area contributed by atoms with Gasteiger partial charge in [-0.1, -0.05) is 0 Å². The van der Waals surface area contributed by atoms with E-state index in [9.17, 15) is 9.59 Å². The number of likely N-dealkylation sites (tertiary alicyclic amines) is 1. The maximum absolute atomic E-state index is 12.1. The summed E-state index contributed by atoms with van der Waals surface area (Å²) in [5, 5.41) is 10.1. The van der Waals surface area contributed by atoms with E-state index >= 15 is 0 Å². The van der Waals surface area contributed by atoms with Gasteiger partial charge in [0.15, 0.2) is 0 Å². The summed E-state index contributed by atoms with van der Waals surface area (Å²) in [5.41, 5.74) is 4.45. The van der Waals surface area contributed by atoms with Crippen LogP contribution in [-0.4, -0.2) is 53.0 Å². The highest BCUT2D eigenvalue weighted by Gasteiger charge is 2.23. The van der Waals surface area contributed by atoms with Gasteiger partial charge in [-0.15, -0.1) is 0 Å². The summed E-state index contributed by atoms with van der Waals surface area (Å²) in [4.78, 5) is 28.9. The molecule has 2 heterocycles. The van der Waals surface area contributed by atoms with Gasteiger partial charge in [-0.05, 0) is 37.7 Å². The molecule has 1 saturated heterocycles. The zero-order valence-electron chi connectivity index (χ0n) is 12.6. The fourth-order valence-electron chi connectivity index (χ4n) is 2.68. The van der Waals surface area contributed by atoms with Crippen LogP contribution in [0.5, 0.6) is 0 Å². The Balaban J connectivity index is 1.63. The van der Waals surface area contributed by atoms with E-state index in [4.69, 9.17) is 5.21 Å². The average Bonchev–Trinajstić information content (AvgIpc) is 2.56. The molecule has 0 bridgehead atoms. The van der Waals surface area contributed by atoms with Crippen LogP contribution in [0.1, 0.15) is 32.1 Å². The van der Waals surface area contributed by atoms with Crippen molar-refractivity contribution in [1.29, 1.82) is 0 Å². The number of nitrogens with zero attached hydrogens (tertiary/aromatic N) is 3. The minimum absolute atomic E-state index is 0.0974. The average molecular weight is 309 g/mol. The second-order valence-electron chi connectivity index (χ2n) is 5.56. The smallest absolute Gasteiger partial charge is 0.323 e. The number of rotatable bonds is 5. The van der Waals surface area contributed by atoms with Crippen molar-refractivity contribution < 1.29 is 14.8 Å². The third kappa shape index (κ3) is 5.03. The van der Waals surface area contributed by atoms with Gasteiger partial charge in [0.05, 0.1) is 0 Å². The van der Waals surface area contributed by atoms with E-state index in [1.807, 2.05) is 4.90 Å². The molecule has 3 amide bonds. The summed E-state index contributed by atoms with van der Waals surface area (Å²) >= 11 is 0. The molecular weight excluding hydrogens is 286 g/mol. The van der Waals surface area contributed by atoms with Crippen molar-refractivity contribution in [2.24, 2.45) is 10.9 Å². The van der Waals surface area contributed by atoms with Crippen LogP contribution in [0.4, 0.5) is 4.79 Å². The highest BCUT2D eigenvalue weighted by Crippen LogP contribution is 2.22. The molecule has 8 nitrogen and oxygen atoms in total. The van der Waals surface area contributed by atoms with Gasteiger partial charge in [-0.25, -0.2) is 15.7 Å². The number of aliphatic imine (C=N–C) groups is 1. The third-order valence-electron chi connectivity index (χ3n) is 3.97. The number of hydrazine groups is 1. The Bertz CT molecular complexity index is 444. The number of nitrogens with one attached hydrogen (secondary N) is 2. The molecule has 0 saturated carbocycles. The Morgan fingerprint density at radius 1 is 1.32 bits per heavy atom. The fraction of sp³-hybridized carbons (Fsp3) is 0.643. The summed E-state index contributed by atoms with van der Waals surface area (Å²) < 4.78 is 0. The van der Waals surface area contributed by atoms with E-state index in [1.54, 1.807) is 29.0 Å². The Morgan fingerprint density at radius 2 is 2.09 bits per heavy atom. The summed E-state index contributed by atoms with van der Waals surface area (Å²) in [7, 11) is 0. The number of allylic oxidation sites excluding steroid dienone is 1. The monoisotopic (exact) mass is 309 g/mol. The topological polar surface area (TPSA) is 97.3 Å². The van der Waals surface area contributed by atoms with Crippen molar-refractivity contribution in [3.8, 4) is 0 Å². The first kappa shape index (κ1) is 16.3. The molecule has 0 spiro atoms. The Hall–Kier alpha value is -2.09. The van der Waals surface area contributed by atoms with Gasteiger partial charge in [0.25, 0.3) is 0 Å². The van der Waals surface area contributed by atoms with E-state index in [0.717, 1.165) is 38.8 Å². The molecule has 8 heteroatoms. The number of carbonyl (C=O) groups is 2. The summed E-state index contributed by atoms with van der Waals surface area (Å²) in [6, 6.07) is -0.0974. The van der Waals surface area contributed by atoms with Crippen molar-refractivity contribution in [2.45, 2.75) is 32.1 Å². The molecule has 2 rings (SSSR count). The molecule has 0 aliphatic carbocycles. The van der Waals surface area contributed by atoms with E-state index in [-0.39, 0.29) is 11.9 Å². The molecule has 2 aliphatic heterocycles. The lowest BCUT2D eigenvalue weighted by atomic mass is 9.91. The van der Waals surface area contributed by atoms with Crippen molar-refractivity contribution in [1.82, 2.24) is 20.8 Å². The number of amides is 3. The van der Waals surface area contributed by atoms with Gasteiger partial charge in [-0.3, -0.25) is 20.0 Å². The van der Waals surface area contributed by atoms with E-state index in [0.29, 0.717) is 19.0 Å². The van der Waals surface area contributed by atoms with Gasteiger partial charge in [0, 0.05) is 31.9 Å². The van der Waals surface area contributed by atoms with Gasteiger partial charge in [0.2, 0.25) is 5.91 Å². The van der Waals surface area contributed by atoms with Crippen molar-refractivity contribution in [2.75, 3.05) is 19.8 Å². The number of hydrogen-bond acceptors (Lipinski definition) is 5. The Morgan fingerprint density at radius 3 is 2.73 bits per heavy atom. The number of hydroxylamine groups is 1. The molecule has 0 aromatic carbocycles. The minimum atomic E-state index is -0.339. The molecule has 2 aliphatic rings. The van der Waals surface area contributed by atoms with Crippen LogP contribution in [0, 0.1) is 5.92 Å². The molecule has 0 atom stereocenters. The first-order chi connectivity index (χ1) is 10.7. The van der Waals surface area contributed by atoms with Crippen LogP contribution in [0.15, 0.2) is 17.3 Å². The first-order valence-electron chi connectivity index (χ1n) is 7.61.